The van der Waals surface area contributed by atoms with Gasteiger partial charge in [0.25, 0.3) is 0 Å². The summed E-state index contributed by atoms with van der Waals surface area (Å²) in [5.41, 5.74) is 0.890. The Kier molecular flexibility index (Phi) is 4.61. The molecule has 4 N–H and O–H groups in total. The fourth-order valence-corrected chi connectivity index (χ4v) is 2.19. The minimum atomic E-state index is -3.67. The molecule has 0 fully saturated rings. The third kappa shape index (κ3) is 4.62. The summed E-state index contributed by atoms with van der Waals surface area (Å²) < 4.78 is 27.2. The van der Waals surface area contributed by atoms with Gasteiger partial charge in [-0.2, -0.15) is 0 Å². The summed E-state index contributed by atoms with van der Waals surface area (Å²) in [6, 6.07) is 9.12. The van der Waals surface area contributed by atoms with Crippen molar-refractivity contribution in [2.75, 3.05) is 11.9 Å². The first kappa shape index (κ1) is 15.1. The Morgan fingerprint density at radius 1 is 1.19 bits per heavy atom. The third-order valence-electron chi connectivity index (χ3n) is 2.71. The van der Waals surface area contributed by atoms with Crippen LogP contribution in [-0.2, 0) is 16.4 Å². The van der Waals surface area contributed by atoms with E-state index in [0.717, 1.165) is 5.56 Å². The van der Waals surface area contributed by atoms with Crippen LogP contribution >= 0.6 is 0 Å². The van der Waals surface area contributed by atoms with Crippen molar-refractivity contribution in [3.63, 3.8) is 0 Å². The molecule has 0 spiro atoms. The normalized spacial score (nSPS) is 11.1. The Morgan fingerprint density at radius 2 is 1.90 bits per heavy atom. The van der Waals surface area contributed by atoms with Gasteiger partial charge >= 0.3 is 6.03 Å². The molecule has 1 aromatic heterocycles. The molecular formula is C13H15N3O4S. The van der Waals surface area contributed by atoms with Gasteiger partial charge in [-0.15, -0.1) is 0 Å². The topological polar surface area (TPSA) is 114 Å². The van der Waals surface area contributed by atoms with Gasteiger partial charge in [0.2, 0.25) is 15.9 Å². The molecule has 0 aliphatic rings. The van der Waals surface area contributed by atoms with E-state index in [4.69, 9.17) is 9.56 Å². The average Bonchev–Trinajstić information content (AvgIpc) is 2.91. The molecule has 8 heteroatoms. The Bertz CT molecular complexity index is 694. The van der Waals surface area contributed by atoms with Crippen LogP contribution in [0.15, 0.2) is 52.0 Å². The van der Waals surface area contributed by atoms with Crippen LogP contribution in [0, 0.1) is 0 Å². The lowest BCUT2D eigenvalue weighted by molar-refractivity contribution is 0.251. The Labute approximate surface area is 122 Å². The Hall–Kier alpha value is -2.32. The zero-order valence-electron chi connectivity index (χ0n) is 11.1. The molecule has 0 radical (unpaired) electrons. The number of benzene rings is 1. The number of amides is 2. The van der Waals surface area contributed by atoms with Crippen LogP contribution in [0.5, 0.6) is 0 Å². The highest BCUT2D eigenvalue weighted by molar-refractivity contribution is 7.89. The lowest BCUT2D eigenvalue weighted by atomic mass is 10.1. The average molecular weight is 309 g/mol. The van der Waals surface area contributed by atoms with E-state index in [2.05, 4.69) is 10.6 Å². The second-order valence-corrected chi connectivity index (χ2v) is 5.86. The molecule has 112 valence electrons. The van der Waals surface area contributed by atoms with E-state index < -0.39 is 10.0 Å². The summed E-state index contributed by atoms with van der Waals surface area (Å²) in [4.78, 5) is 11.6. The summed E-state index contributed by atoms with van der Waals surface area (Å²) in [6.07, 6.45) is 2.03. The molecule has 2 aromatic rings. The minimum Gasteiger partial charge on any atom is -0.449 e. The quantitative estimate of drug-likeness (QED) is 0.772. The number of sulfonamides is 1. The minimum absolute atomic E-state index is 0.0646. The molecule has 0 aliphatic heterocycles. The summed E-state index contributed by atoms with van der Waals surface area (Å²) in [6.45, 7) is 0.404. The molecule has 2 amide bonds. The van der Waals surface area contributed by atoms with Gasteiger partial charge in [0, 0.05) is 12.6 Å². The zero-order valence-corrected chi connectivity index (χ0v) is 11.9. The van der Waals surface area contributed by atoms with Crippen molar-refractivity contribution in [3.05, 3.63) is 48.2 Å². The van der Waals surface area contributed by atoms with E-state index >= 15 is 0 Å². The van der Waals surface area contributed by atoms with Crippen LogP contribution < -0.4 is 15.8 Å². The van der Waals surface area contributed by atoms with E-state index in [-0.39, 0.29) is 10.9 Å². The van der Waals surface area contributed by atoms with Crippen LogP contribution in [0.25, 0.3) is 0 Å². The maximum atomic E-state index is 11.5. The number of hydrogen-bond donors (Lipinski definition) is 3. The molecule has 1 aromatic carbocycles. The molecule has 0 bridgehead atoms. The molecule has 21 heavy (non-hydrogen) atoms. The predicted molar refractivity (Wildman–Crippen MR) is 77.2 cm³/mol. The lowest BCUT2D eigenvalue weighted by Gasteiger charge is -2.06. The number of urea groups is 1. The molecule has 0 aliphatic carbocycles. The number of carbonyl (C=O) groups excluding carboxylic acids is 1. The number of hydrogen-bond acceptors (Lipinski definition) is 4. The SMILES string of the molecule is NS(=O)(=O)c1ccc(CCNC(=O)Nc2ccco2)cc1. The van der Waals surface area contributed by atoms with Gasteiger partial charge in [-0.1, -0.05) is 12.1 Å². The van der Waals surface area contributed by atoms with Crippen molar-refractivity contribution in [1.29, 1.82) is 0 Å². The van der Waals surface area contributed by atoms with Crippen molar-refractivity contribution in [2.45, 2.75) is 11.3 Å². The summed E-state index contributed by atoms with van der Waals surface area (Å²) in [5, 5.41) is 10.2. The van der Waals surface area contributed by atoms with Crippen LogP contribution in [0.3, 0.4) is 0 Å². The van der Waals surface area contributed by atoms with Crippen LogP contribution in [-0.4, -0.2) is 21.0 Å². The van der Waals surface area contributed by atoms with Crippen LogP contribution in [0.4, 0.5) is 10.7 Å². The smallest absolute Gasteiger partial charge is 0.321 e. The van der Waals surface area contributed by atoms with Crippen LogP contribution in [0.1, 0.15) is 5.56 Å². The van der Waals surface area contributed by atoms with Gasteiger partial charge < -0.3 is 9.73 Å². The van der Waals surface area contributed by atoms with E-state index in [1.165, 1.54) is 18.4 Å². The molecule has 7 nitrogen and oxygen atoms in total. The maximum Gasteiger partial charge on any atom is 0.321 e. The van der Waals surface area contributed by atoms with Gasteiger partial charge in [0.05, 0.1) is 11.2 Å². The Balaban J connectivity index is 1.79. The van der Waals surface area contributed by atoms with Crippen molar-refractivity contribution >= 4 is 21.9 Å². The number of carbonyl (C=O) groups is 1. The van der Waals surface area contributed by atoms with Gasteiger partial charge in [-0.05, 0) is 30.2 Å². The predicted octanol–water partition coefficient (Wildman–Crippen LogP) is 1.29. The first-order valence-electron chi connectivity index (χ1n) is 6.15. The van der Waals surface area contributed by atoms with E-state index in [1.54, 1.807) is 24.3 Å². The number of rotatable bonds is 5. The van der Waals surface area contributed by atoms with Crippen LogP contribution in [0.2, 0.25) is 0 Å². The molecular weight excluding hydrogens is 294 g/mol. The highest BCUT2D eigenvalue weighted by Crippen LogP contribution is 2.09. The Morgan fingerprint density at radius 3 is 2.48 bits per heavy atom. The number of nitrogens with two attached hydrogens (primary N) is 1. The van der Waals surface area contributed by atoms with E-state index in [9.17, 15) is 13.2 Å². The third-order valence-corrected chi connectivity index (χ3v) is 3.64. The summed E-state index contributed by atoms with van der Waals surface area (Å²) in [5.74, 6) is 0.366. The molecule has 0 atom stereocenters. The second kappa shape index (κ2) is 6.42. The summed E-state index contributed by atoms with van der Waals surface area (Å²) >= 11 is 0. The van der Waals surface area contributed by atoms with Gasteiger partial charge in [-0.25, -0.2) is 18.4 Å². The van der Waals surface area contributed by atoms with Gasteiger partial charge in [0.15, 0.2) is 0 Å². The van der Waals surface area contributed by atoms with E-state index in [1.807, 2.05) is 0 Å². The number of primary sulfonamides is 1. The molecule has 0 unspecified atom stereocenters. The van der Waals surface area contributed by atoms with Gasteiger partial charge in [-0.3, -0.25) is 5.32 Å². The first-order valence-corrected chi connectivity index (χ1v) is 7.70. The molecule has 0 saturated heterocycles. The monoisotopic (exact) mass is 309 g/mol. The number of anilines is 1. The lowest BCUT2D eigenvalue weighted by Crippen LogP contribution is -2.30. The molecule has 2 rings (SSSR count). The largest absolute Gasteiger partial charge is 0.449 e. The molecule has 1 heterocycles. The highest BCUT2D eigenvalue weighted by Gasteiger charge is 2.07. The summed E-state index contributed by atoms with van der Waals surface area (Å²) in [7, 11) is -3.67. The standard InChI is InChI=1S/C13H15N3O4S/c14-21(18,19)11-5-3-10(4-6-11)7-8-15-13(17)16-12-2-1-9-20-12/h1-6,9H,7-8H2,(H2,14,18,19)(H2,15,16,17). The van der Waals surface area contributed by atoms with E-state index in [0.29, 0.717) is 18.8 Å². The maximum absolute atomic E-state index is 11.5. The highest BCUT2D eigenvalue weighted by atomic mass is 32.2. The van der Waals surface area contributed by atoms with Crippen molar-refractivity contribution in [1.82, 2.24) is 5.32 Å². The second-order valence-electron chi connectivity index (χ2n) is 4.30. The first-order chi connectivity index (χ1) is 9.95. The molecule has 0 saturated carbocycles. The fourth-order valence-electron chi connectivity index (χ4n) is 1.67. The van der Waals surface area contributed by atoms with Crippen molar-refractivity contribution in [2.24, 2.45) is 5.14 Å². The zero-order chi connectivity index (χ0) is 15.3. The fraction of sp³-hybridized carbons (Fsp3) is 0.154. The number of furan rings is 1. The van der Waals surface area contributed by atoms with Gasteiger partial charge in [0.1, 0.15) is 0 Å². The van der Waals surface area contributed by atoms with Crippen molar-refractivity contribution < 1.29 is 17.6 Å². The van der Waals surface area contributed by atoms with Crippen molar-refractivity contribution in [3.8, 4) is 0 Å². The number of nitrogens with one attached hydrogen (secondary N) is 2.